The highest BCUT2D eigenvalue weighted by Crippen LogP contribution is 2.41. The predicted molar refractivity (Wildman–Crippen MR) is 179 cm³/mol. The third-order valence-corrected chi connectivity index (χ3v) is 9.52. The first-order valence-electron chi connectivity index (χ1n) is 14.4. The van der Waals surface area contributed by atoms with E-state index in [-0.39, 0.29) is 0 Å². The lowest BCUT2D eigenvalue weighted by molar-refractivity contribution is 1.54. The predicted octanol–water partition coefficient (Wildman–Crippen LogP) is 10.5. The van der Waals surface area contributed by atoms with Crippen LogP contribution in [0.2, 0.25) is 0 Å². The van der Waals surface area contributed by atoms with Gasteiger partial charge in [0.25, 0.3) is 0 Å². The van der Waals surface area contributed by atoms with Crippen LogP contribution in [0, 0.1) is 0 Å². The lowest BCUT2D eigenvalue weighted by Crippen LogP contribution is -1.80. The van der Waals surface area contributed by atoms with Gasteiger partial charge in [-0.3, -0.25) is 0 Å². The number of H-pyrrole nitrogens is 4. The van der Waals surface area contributed by atoms with E-state index in [2.05, 4.69) is 129 Å². The zero-order valence-electron chi connectivity index (χ0n) is 22.4. The zero-order valence-corrected chi connectivity index (χ0v) is 22.4. The minimum atomic E-state index is 1.17. The van der Waals surface area contributed by atoms with Crippen LogP contribution in [0.3, 0.4) is 0 Å². The molecule has 0 saturated carbocycles. The Morgan fingerprint density at radius 3 is 1.17 bits per heavy atom. The van der Waals surface area contributed by atoms with E-state index >= 15 is 0 Å². The lowest BCUT2D eigenvalue weighted by atomic mass is 9.96. The minimum absolute atomic E-state index is 1.17. The van der Waals surface area contributed by atoms with Crippen molar-refractivity contribution in [1.29, 1.82) is 0 Å². The Balaban J connectivity index is 1.23. The van der Waals surface area contributed by atoms with Gasteiger partial charge in [0.1, 0.15) is 0 Å². The molecule has 11 rings (SSSR count). The Bertz CT molecular complexity index is 2760. The first kappa shape index (κ1) is 21.1. The molecule has 0 aliphatic carbocycles. The van der Waals surface area contributed by atoms with Crippen molar-refractivity contribution in [2.45, 2.75) is 0 Å². The number of rotatable bonds is 0. The average Bonchev–Trinajstić information content (AvgIpc) is 3.77. The van der Waals surface area contributed by atoms with Crippen LogP contribution in [0.4, 0.5) is 0 Å². The van der Waals surface area contributed by atoms with Gasteiger partial charge in [-0.15, -0.1) is 0 Å². The molecule has 7 aromatic carbocycles. The van der Waals surface area contributed by atoms with Crippen LogP contribution in [0.15, 0.2) is 109 Å². The van der Waals surface area contributed by atoms with Gasteiger partial charge < -0.3 is 19.9 Å². The van der Waals surface area contributed by atoms with E-state index in [0.717, 1.165) is 0 Å². The van der Waals surface area contributed by atoms with Crippen LogP contribution in [0.5, 0.6) is 0 Å². The molecule has 4 aromatic heterocycles. The second kappa shape index (κ2) is 7.12. The molecule has 0 atom stereocenters. The zero-order chi connectivity index (χ0) is 27.1. The van der Waals surface area contributed by atoms with Crippen molar-refractivity contribution in [2.24, 2.45) is 0 Å². The van der Waals surface area contributed by atoms with E-state index in [4.69, 9.17) is 0 Å². The van der Waals surface area contributed by atoms with E-state index in [1.165, 1.54) is 109 Å². The highest BCUT2D eigenvalue weighted by Gasteiger charge is 2.16. The molecule has 4 heterocycles. The van der Waals surface area contributed by atoms with Crippen LogP contribution in [0.1, 0.15) is 0 Å². The summed E-state index contributed by atoms with van der Waals surface area (Å²) in [5.74, 6) is 0. The number of nitrogens with one attached hydrogen (secondary N) is 4. The van der Waals surface area contributed by atoms with Crippen molar-refractivity contribution < 1.29 is 0 Å². The summed E-state index contributed by atoms with van der Waals surface area (Å²) in [5, 5.41) is 15.2. The molecule has 0 aliphatic rings. The van der Waals surface area contributed by atoms with Gasteiger partial charge >= 0.3 is 0 Å². The largest absolute Gasteiger partial charge is 0.354 e. The van der Waals surface area contributed by atoms with Gasteiger partial charge in [0.15, 0.2) is 0 Å². The Morgan fingerprint density at radius 2 is 0.667 bits per heavy atom. The average molecular weight is 535 g/mol. The quantitative estimate of drug-likeness (QED) is 0.140. The summed E-state index contributed by atoms with van der Waals surface area (Å²) in [6.07, 6.45) is 0. The monoisotopic (exact) mass is 534 g/mol. The molecule has 4 nitrogen and oxygen atoms in total. The molecular formula is C38H22N4. The van der Waals surface area contributed by atoms with Gasteiger partial charge in [-0.25, -0.2) is 0 Å². The summed E-state index contributed by atoms with van der Waals surface area (Å²) in [6.45, 7) is 0. The minimum Gasteiger partial charge on any atom is -0.354 e. The summed E-state index contributed by atoms with van der Waals surface area (Å²) in [6, 6.07) is 40.1. The molecule has 4 heteroatoms. The summed E-state index contributed by atoms with van der Waals surface area (Å²) < 4.78 is 0. The topological polar surface area (TPSA) is 63.2 Å². The Kier molecular flexibility index (Phi) is 3.57. The van der Waals surface area contributed by atoms with Crippen molar-refractivity contribution in [1.82, 2.24) is 19.9 Å². The van der Waals surface area contributed by atoms with Gasteiger partial charge in [-0.05, 0) is 82.2 Å². The molecule has 0 fully saturated rings. The highest BCUT2D eigenvalue weighted by atomic mass is 14.7. The Hall–Kier alpha value is -5.74. The number of fused-ring (bicyclic) bond motifs is 16. The molecule has 0 saturated heterocycles. The molecule has 0 amide bonds. The van der Waals surface area contributed by atoms with Crippen LogP contribution < -0.4 is 0 Å². The molecule has 11 aromatic rings. The maximum Gasteiger partial charge on any atom is 0.0472 e. The standard InChI is InChI=1S/C38H22N4/c1-3-7-29-21(5-1)25-15-35-27(17-33(25)39-29)37-23-13-20-10-12-32-38(24(20)14-19(23)9-11-31(37)41-35)28-18-34-26(16-36(28)42-32)22-6-2-4-8-30(22)40-34/h1-18,39-42H. The fourth-order valence-electron chi connectivity index (χ4n) is 7.64. The van der Waals surface area contributed by atoms with Gasteiger partial charge in [-0.1, -0.05) is 48.5 Å². The van der Waals surface area contributed by atoms with Crippen molar-refractivity contribution in [2.75, 3.05) is 0 Å². The van der Waals surface area contributed by atoms with E-state index in [1.54, 1.807) is 0 Å². The maximum absolute atomic E-state index is 3.72. The molecule has 0 unspecified atom stereocenters. The number of aromatic nitrogens is 4. The van der Waals surface area contributed by atoms with E-state index in [1.807, 2.05) is 0 Å². The van der Waals surface area contributed by atoms with Crippen LogP contribution >= 0.6 is 0 Å². The third kappa shape index (κ3) is 2.54. The first-order chi connectivity index (χ1) is 20.8. The van der Waals surface area contributed by atoms with E-state index in [0.29, 0.717) is 0 Å². The molecule has 0 bridgehead atoms. The van der Waals surface area contributed by atoms with Crippen molar-refractivity contribution in [3.8, 4) is 0 Å². The number of hydrogen-bond acceptors (Lipinski definition) is 0. The highest BCUT2D eigenvalue weighted by molar-refractivity contribution is 6.29. The second-order valence-corrected chi connectivity index (χ2v) is 11.7. The molecule has 0 aliphatic heterocycles. The van der Waals surface area contributed by atoms with Gasteiger partial charge in [-0.2, -0.15) is 0 Å². The molecular weight excluding hydrogens is 512 g/mol. The summed E-state index contributed by atoms with van der Waals surface area (Å²) in [4.78, 5) is 14.7. The fraction of sp³-hybridized carbons (Fsp3) is 0. The lowest BCUT2D eigenvalue weighted by Gasteiger charge is -2.06. The summed E-state index contributed by atoms with van der Waals surface area (Å²) in [7, 11) is 0. The third-order valence-electron chi connectivity index (χ3n) is 9.52. The van der Waals surface area contributed by atoms with Crippen LogP contribution in [-0.4, -0.2) is 19.9 Å². The smallest absolute Gasteiger partial charge is 0.0472 e. The molecule has 4 N–H and O–H groups in total. The molecule has 0 radical (unpaired) electrons. The van der Waals surface area contributed by atoms with Crippen LogP contribution in [-0.2, 0) is 0 Å². The first-order valence-corrected chi connectivity index (χ1v) is 14.4. The summed E-state index contributed by atoms with van der Waals surface area (Å²) >= 11 is 0. The number of hydrogen-bond donors (Lipinski definition) is 4. The second-order valence-electron chi connectivity index (χ2n) is 11.7. The van der Waals surface area contributed by atoms with Gasteiger partial charge in [0.05, 0.1) is 0 Å². The molecule has 42 heavy (non-hydrogen) atoms. The number of para-hydroxylation sites is 2. The maximum atomic E-state index is 3.72. The molecule has 194 valence electrons. The van der Waals surface area contributed by atoms with Crippen LogP contribution in [0.25, 0.3) is 109 Å². The number of benzene rings is 7. The molecule has 0 spiro atoms. The van der Waals surface area contributed by atoms with Gasteiger partial charge in [0.2, 0.25) is 0 Å². The Labute approximate surface area is 237 Å². The van der Waals surface area contributed by atoms with E-state index < -0.39 is 0 Å². The van der Waals surface area contributed by atoms with Crippen molar-refractivity contribution >= 4 is 109 Å². The van der Waals surface area contributed by atoms with Gasteiger partial charge in [0, 0.05) is 87.2 Å². The van der Waals surface area contributed by atoms with E-state index in [9.17, 15) is 0 Å². The fourth-order valence-corrected chi connectivity index (χ4v) is 7.64. The summed E-state index contributed by atoms with van der Waals surface area (Å²) in [5.41, 5.74) is 9.37. The number of aromatic amines is 4. The normalized spacial score (nSPS) is 12.8. The SMILES string of the molecule is c1ccc2c(c1)[nH]c1cc3c(cc12)[nH]c1ccc2cc4c(ccc5[nH]c6cc7c(cc6c54)[nH]c4ccccc47)cc2c13. The van der Waals surface area contributed by atoms with Crippen molar-refractivity contribution in [3.63, 3.8) is 0 Å². The van der Waals surface area contributed by atoms with Crippen molar-refractivity contribution in [3.05, 3.63) is 109 Å². The Morgan fingerprint density at radius 1 is 0.262 bits per heavy atom.